The van der Waals surface area contributed by atoms with Gasteiger partial charge in [0.25, 0.3) is 0 Å². The lowest BCUT2D eigenvalue weighted by molar-refractivity contribution is -0.870. The van der Waals surface area contributed by atoms with Crippen LogP contribution in [0.4, 0.5) is 0 Å². The molecule has 0 spiro atoms. The SMILES string of the molecule is CC/C=C\C/C=C\C/C=C\C/C=C\C/C=C\C/C=C\C/C=C\C/C=C\CCCCCCC(=O)OC(COC(=O)CCCCCCCCCCCCCCCCCCCCCCCC)COP(=O)(O)OCC[N+](C)(C)C. The highest BCUT2D eigenvalue weighted by atomic mass is 31.2. The van der Waals surface area contributed by atoms with Gasteiger partial charge in [-0.3, -0.25) is 18.6 Å². The number of likely N-dealkylation sites (N-methyl/N-ethyl adjacent to an activating group) is 1. The molecule has 0 fully saturated rings. The van der Waals surface area contributed by atoms with Crippen molar-refractivity contribution < 1.29 is 42.1 Å². The first-order valence-corrected chi connectivity index (χ1v) is 32.0. The predicted octanol–water partition coefficient (Wildman–Crippen LogP) is 19.2. The van der Waals surface area contributed by atoms with Gasteiger partial charge in [-0.25, -0.2) is 4.57 Å². The van der Waals surface area contributed by atoms with E-state index in [0.29, 0.717) is 17.4 Å². The maximum Gasteiger partial charge on any atom is 0.472 e. The molecular weight excluding hydrogens is 954 g/mol. The molecule has 1 N–H and O–H groups in total. The van der Waals surface area contributed by atoms with Crippen LogP contribution >= 0.6 is 7.82 Å². The van der Waals surface area contributed by atoms with Gasteiger partial charge in [0.15, 0.2) is 6.10 Å². The summed E-state index contributed by atoms with van der Waals surface area (Å²) < 4.78 is 34.6. The zero-order valence-corrected chi connectivity index (χ0v) is 49.9. The quantitative estimate of drug-likeness (QED) is 0.0211. The highest BCUT2D eigenvalue weighted by Crippen LogP contribution is 2.43. The molecule has 9 nitrogen and oxygen atoms in total. The number of carbonyl (C=O) groups excluding carboxylic acids is 2. The minimum absolute atomic E-state index is 0.0226. The van der Waals surface area contributed by atoms with Crippen molar-refractivity contribution >= 4 is 19.8 Å². The molecule has 0 amide bonds. The molecule has 0 aliphatic heterocycles. The number of rotatable bonds is 55. The van der Waals surface area contributed by atoms with Gasteiger partial charge < -0.3 is 18.9 Å². The Hall–Kier alpha value is -3.07. The Balaban J connectivity index is 4.23. The fourth-order valence-electron chi connectivity index (χ4n) is 8.21. The molecule has 0 bridgehead atoms. The molecule has 0 radical (unpaired) electrons. The van der Waals surface area contributed by atoms with Crippen LogP contribution in [0.15, 0.2) is 97.2 Å². The maximum absolute atomic E-state index is 12.8. The fraction of sp³-hybridized carbons (Fsp3) is 0.723. The monoisotopic (exact) mass is 1070 g/mol. The number of hydrogen-bond acceptors (Lipinski definition) is 7. The molecule has 0 aromatic rings. The average molecular weight is 1070 g/mol. The Labute approximate surface area is 462 Å². The Morgan fingerprint density at radius 1 is 0.427 bits per heavy atom. The summed E-state index contributed by atoms with van der Waals surface area (Å²) in [6.45, 7) is 4.31. The summed E-state index contributed by atoms with van der Waals surface area (Å²) in [5, 5.41) is 0. The normalized spacial score (nSPS) is 13.9. The molecule has 0 saturated heterocycles. The van der Waals surface area contributed by atoms with E-state index in [1.54, 1.807) is 0 Å². The van der Waals surface area contributed by atoms with E-state index in [0.717, 1.165) is 96.3 Å². The molecule has 2 atom stereocenters. The summed E-state index contributed by atoms with van der Waals surface area (Å²) in [6, 6.07) is 0. The van der Waals surface area contributed by atoms with Crippen LogP contribution in [0.2, 0.25) is 0 Å². The maximum atomic E-state index is 12.8. The average Bonchev–Trinajstić information content (AvgIpc) is 3.37. The number of ether oxygens (including phenoxy) is 2. The Bertz CT molecular complexity index is 1590. The lowest BCUT2D eigenvalue weighted by Crippen LogP contribution is -2.37. The second kappa shape index (κ2) is 55.7. The third-order valence-corrected chi connectivity index (χ3v) is 13.9. The molecule has 10 heteroatoms. The standard InChI is InChI=1S/C65H114NO8P/c1-6-8-10-12-14-16-18-20-22-24-26-28-30-31-32-33-34-35-36-38-40-42-44-46-48-50-52-54-56-58-65(68)74-63(62-73-75(69,70)72-60-59-66(3,4)5)61-71-64(67)57-55-53-51-49-47-45-43-41-39-37-29-27-25-23-21-19-17-15-13-11-9-7-2/h8,10,14,16,20,22,26,28,31-32,34-35,38,40,44,46,63H,6-7,9,11-13,15,17-19,21,23-25,27,29-30,33,36-37,39,41-43,45,47-62H2,1-5H3/p+1/b10-8-,16-14-,22-20-,28-26-,32-31-,35-34-,40-38-,46-44-. The van der Waals surface area contributed by atoms with E-state index in [9.17, 15) is 19.0 Å². The van der Waals surface area contributed by atoms with Gasteiger partial charge >= 0.3 is 19.8 Å². The number of hydrogen-bond donors (Lipinski definition) is 1. The van der Waals surface area contributed by atoms with Crippen LogP contribution in [0.3, 0.4) is 0 Å². The third kappa shape index (κ3) is 60.0. The molecule has 75 heavy (non-hydrogen) atoms. The van der Waals surface area contributed by atoms with E-state index in [2.05, 4.69) is 111 Å². The van der Waals surface area contributed by atoms with Crippen LogP contribution in [0.1, 0.15) is 251 Å². The number of carbonyl (C=O) groups is 2. The van der Waals surface area contributed by atoms with Crippen LogP contribution in [0.5, 0.6) is 0 Å². The summed E-state index contributed by atoms with van der Waals surface area (Å²) in [5.74, 6) is -0.824. The van der Waals surface area contributed by atoms with E-state index in [4.69, 9.17) is 18.5 Å². The second-order valence-corrected chi connectivity index (χ2v) is 22.8. The van der Waals surface area contributed by atoms with Gasteiger partial charge in [-0.1, -0.05) is 259 Å². The van der Waals surface area contributed by atoms with Crippen LogP contribution in [-0.2, 0) is 32.7 Å². The van der Waals surface area contributed by atoms with E-state index in [-0.39, 0.29) is 32.0 Å². The van der Waals surface area contributed by atoms with Crippen molar-refractivity contribution in [1.29, 1.82) is 0 Å². The smallest absolute Gasteiger partial charge is 0.462 e. The lowest BCUT2D eigenvalue weighted by Gasteiger charge is -2.24. The first-order valence-electron chi connectivity index (χ1n) is 30.5. The van der Waals surface area contributed by atoms with Gasteiger partial charge in [0, 0.05) is 12.8 Å². The molecule has 0 aliphatic carbocycles. The zero-order valence-electron chi connectivity index (χ0n) is 49.0. The Kier molecular flexibility index (Phi) is 53.4. The van der Waals surface area contributed by atoms with E-state index in [1.807, 2.05) is 21.1 Å². The van der Waals surface area contributed by atoms with Gasteiger partial charge in [-0.15, -0.1) is 0 Å². The van der Waals surface area contributed by atoms with Gasteiger partial charge in [0.1, 0.15) is 19.8 Å². The van der Waals surface area contributed by atoms with Crippen LogP contribution < -0.4 is 0 Å². The van der Waals surface area contributed by atoms with Crippen LogP contribution in [0.25, 0.3) is 0 Å². The van der Waals surface area contributed by atoms with Gasteiger partial charge in [0.2, 0.25) is 0 Å². The number of unbranched alkanes of at least 4 members (excludes halogenated alkanes) is 25. The summed E-state index contributed by atoms with van der Waals surface area (Å²) in [7, 11) is 1.45. The lowest BCUT2D eigenvalue weighted by atomic mass is 10.0. The minimum atomic E-state index is -4.40. The van der Waals surface area contributed by atoms with Crippen molar-refractivity contribution in [2.45, 2.75) is 258 Å². The van der Waals surface area contributed by atoms with Crippen molar-refractivity contribution in [3.63, 3.8) is 0 Å². The predicted molar refractivity (Wildman–Crippen MR) is 321 cm³/mol. The molecular formula is C65H115NO8P+. The zero-order chi connectivity index (χ0) is 54.9. The van der Waals surface area contributed by atoms with E-state index < -0.39 is 26.5 Å². The van der Waals surface area contributed by atoms with Crippen molar-refractivity contribution in [1.82, 2.24) is 0 Å². The first kappa shape index (κ1) is 71.9. The van der Waals surface area contributed by atoms with Crippen LogP contribution in [-0.4, -0.2) is 74.9 Å². The highest BCUT2D eigenvalue weighted by molar-refractivity contribution is 7.47. The number of phosphoric ester groups is 1. The number of phosphoric acid groups is 1. The number of quaternary nitrogens is 1. The summed E-state index contributed by atoms with van der Waals surface area (Å²) >= 11 is 0. The van der Waals surface area contributed by atoms with Gasteiger partial charge in [-0.05, 0) is 77.0 Å². The Morgan fingerprint density at radius 2 is 0.760 bits per heavy atom. The largest absolute Gasteiger partial charge is 0.472 e. The summed E-state index contributed by atoms with van der Waals surface area (Å²) in [6.07, 6.45) is 76.2. The topological polar surface area (TPSA) is 108 Å². The molecule has 0 rings (SSSR count). The molecule has 0 aliphatic rings. The summed E-state index contributed by atoms with van der Waals surface area (Å²) in [4.78, 5) is 35.7. The molecule has 0 saturated carbocycles. The number of esters is 2. The molecule has 0 heterocycles. The second-order valence-electron chi connectivity index (χ2n) is 21.4. The van der Waals surface area contributed by atoms with Gasteiger partial charge in [0.05, 0.1) is 27.7 Å². The molecule has 0 aromatic heterocycles. The summed E-state index contributed by atoms with van der Waals surface area (Å²) in [5.41, 5.74) is 0. The first-order chi connectivity index (χ1) is 36.5. The van der Waals surface area contributed by atoms with E-state index >= 15 is 0 Å². The fourth-order valence-corrected chi connectivity index (χ4v) is 8.95. The molecule has 2 unspecified atom stereocenters. The Morgan fingerprint density at radius 3 is 1.13 bits per heavy atom. The van der Waals surface area contributed by atoms with Crippen molar-refractivity contribution in [3.8, 4) is 0 Å². The third-order valence-electron chi connectivity index (χ3n) is 12.9. The minimum Gasteiger partial charge on any atom is -0.462 e. The number of nitrogens with zero attached hydrogens (tertiary/aromatic N) is 1. The van der Waals surface area contributed by atoms with Crippen LogP contribution in [0, 0.1) is 0 Å². The number of allylic oxidation sites excluding steroid dienone is 16. The van der Waals surface area contributed by atoms with Crippen molar-refractivity contribution in [2.75, 3.05) is 47.5 Å². The molecule has 0 aromatic carbocycles. The van der Waals surface area contributed by atoms with Crippen molar-refractivity contribution in [3.05, 3.63) is 97.2 Å². The van der Waals surface area contributed by atoms with Gasteiger partial charge in [-0.2, -0.15) is 0 Å². The van der Waals surface area contributed by atoms with Crippen molar-refractivity contribution in [2.24, 2.45) is 0 Å². The molecule has 432 valence electrons. The highest BCUT2D eigenvalue weighted by Gasteiger charge is 2.27. The van der Waals surface area contributed by atoms with E-state index in [1.165, 1.54) is 122 Å².